The molecule has 2 atom stereocenters. The summed E-state index contributed by atoms with van der Waals surface area (Å²) in [6, 6.07) is 0. The second kappa shape index (κ2) is 12.1. The van der Waals surface area contributed by atoms with Crippen LogP contribution in [0, 0.1) is 13.8 Å². The average molecular weight is 765 g/mol. The van der Waals surface area contributed by atoms with E-state index in [0.29, 0.717) is 101 Å². The van der Waals surface area contributed by atoms with Crippen LogP contribution in [0.15, 0.2) is 0 Å². The Morgan fingerprint density at radius 1 is 0.449 bits per heavy atom. The number of thiophene rings is 5. The highest BCUT2D eigenvalue weighted by Gasteiger charge is 2.44. The molecule has 0 aromatic carbocycles. The fraction of sp³-hybridized carbons (Fsp3) is 0.412. The summed E-state index contributed by atoms with van der Waals surface area (Å²) in [7, 11) is 0. The van der Waals surface area contributed by atoms with Crippen LogP contribution in [0.4, 0.5) is 0 Å². The zero-order chi connectivity index (χ0) is 35.2. The minimum absolute atomic E-state index is 0.141. The molecule has 0 saturated carbocycles. The van der Waals surface area contributed by atoms with Crippen LogP contribution < -0.4 is 18.9 Å². The number of rotatable bonds is 8. The highest BCUT2D eigenvalue weighted by Crippen LogP contribution is 2.66. The lowest BCUT2D eigenvalue weighted by Crippen LogP contribution is -2.23. The van der Waals surface area contributed by atoms with Crippen LogP contribution in [0.1, 0.15) is 69.8 Å². The van der Waals surface area contributed by atoms with Gasteiger partial charge in [-0.2, -0.15) is 0 Å². The van der Waals surface area contributed by atoms with E-state index in [2.05, 4.69) is 0 Å². The molecule has 5 aromatic heterocycles. The van der Waals surface area contributed by atoms with Gasteiger partial charge in [-0.25, -0.2) is 0 Å². The molecule has 6 N–H and O–H groups in total. The molecule has 10 nitrogen and oxygen atoms in total. The van der Waals surface area contributed by atoms with Crippen LogP contribution in [0.5, 0.6) is 57.5 Å². The van der Waals surface area contributed by atoms with E-state index < -0.39 is 10.8 Å². The average Bonchev–Trinajstić information content (AvgIpc) is 3.89. The third-order valence-electron chi connectivity index (χ3n) is 9.54. The van der Waals surface area contributed by atoms with Crippen LogP contribution in [-0.2, 0) is 10.8 Å². The number of ether oxygens (including phenoxy) is 4. The minimum atomic E-state index is -0.760. The van der Waals surface area contributed by atoms with Gasteiger partial charge in [0.1, 0.15) is 26.4 Å². The summed E-state index contributed by atoms with van der Waals surface area (Å²) in [5.74, 6) is 0.680. The van der Waals surface area contributed by atoms with Crippen molar-refractivity contribution in [2.45, 2.75) is 65.2 Å². The normalized spacial score (nSPS) is 16.4. The second-order valence-electron chi connectivity index (χ2n) is 12.4. The first-order valence-electron chi connectivity index (χ1n) is 15.7. The van der Waals surface area contributed by atoms with Crippen molar-refractivity contribution < 1.29 is 49.6 Å². The maximum atomic E-state index is 11.5. The molecule has 0 amide bonds. The van der Waals surface area contributed by atoms with Crippen molar-refractivity contribution in [1.29, 1.82) is 0 Å². The summed E-state index contributed by atoms with van der Waals surface area (Å²) >= 11 is 6.54. The Bertz CT molecular complexity index is 1950. The summed E-state index contributed by atoms with van der Waals surface area (Å²) in [6.45, 7) is 12.7. The lowest BCUT2D eigenvalue weighted by atomic mass is 9.83. The Balaban J connectivity index is 1.40. The third kappa shape index (κ3) is 4.87. The fourth-order valence-corrected chi connectivity index (χ4v) is 12.9. The zero-order valence-corrected chi connectivity index (χ0v) is 31.7. The van der Waals surface area contributed by atoms with E-state index in [-0.39, 0.29) is 34.5 Å². The summed E-state index contributed by atoms with van der Waals surface area (Å²) in [6.07, 6.45) is 1.13. The molecule has 2 unspecified atom stereocenters. The van der Waals surface area contributed by atoms with Gasteiger partial charge in [-0.1, -0.05) is 13.8 Å². The van der Waals surface area contributed by atoms with Gasteiger partial charge in [-0.15, -0.1) is 56.7 Å². The molecule has 262 valence electrons. The predicted octanol–water partition coefficient (Wildman–Crippen LogP) is 9.15. The highest BCUT2D eigenvalue weighted by atomic mass is 32.1. The van der Waals surface area contributed by atoms with Gasteiger partial charge in [0.25, 0.3) is 0 Å². The van der Waals surface area contributed by atoms with Crippen molar-refractivity contribution in [2.75, 3.05) is 26.4 Å². The Labute approximate surface area is 302 Å². The van der Waals surface area contributed by atoms with Gasteiger partial charge >= 0.3 is 0 Å². The smallest absolute Gasteiger partial charge is 0.181 e. The van der Waals surface area contributed by atoms with Crippen LogP contribution in [0.2, 0.25) is 0 Å². The van der Waals surface area contributed by atoms with E-state index in [9.17, 15) is 30.6 Å². The number of hydrogen-bond acceptors (Lipinski definition) is 15. The van der Waals surface area contributed by atoms with Crippen LogP contribution in [0.25, 0.3) is 19.5 Å². The topological polar surface area (TPSA) is 158 Å². The van der Waals surface area contributed by atoms with Gasteiger partial charge in [0, 0.05) is 20.6 Å². The first kappa shape index (κ1) is 34.0. The highest BCUT2D eigenvalue weighted by molar-refractivity contribution is 7.28. The van der Waals surface area contributed by atoms with Crippen molar-refractivity contribution >= 4 is 56.7 Å². The van der Waals surface area contributed by atoms with Gasteiger partial charge in [0.15, 0.2) is 57.5 Å². The number of aryl methyl sites for hydroxylation is 2. The fourth-order valence-electron chi connectivity index (χ4n) is 6.29. The Morgan fingerprint density at radius 2 is 0.796 bits per heavy atom. The molecule has 0 aliphatic carbocycles. The lowest BCUT2D eigenvalue weighted by Gasteiger charge is -2.28. The Kier molecular flexibility index (Phi) is 8.37. The molecule has 2 aliphatic heterocycles. The quantitative estimate of drug-likeness (QED) is 0.0900. The van der Waals surface area contributed by atoms with Crippen molar-refractivity contribution in [3.8, 4) is 77.0 Å². The standard InChI is InChI=1S/C34H36O10S5/c1-7-33(5,29-19(39)15(35)13(3)45-29)31-23-21(41-9-11-43-23)27(48-31)25-17(37)18(38)26(47-25)28-22-24(44-12-10-42-22)32(49-28)34(6,8-2)30-20(40)16(36)14(4)46-30/h35-40H,7-12H2,1-6H3. The molecule has 2 aliphatic rings. The van der Waals surface area contributed by atoms with Crippen molar-refractivity contribution in [1.82, 2.24) is 0 Å². The van der Waals surface area contributed by atoms with Gasteiger partial charge in [0.2, 0.25) is 0 Å². The van der Waals surface area contributed by atoms with Gasteiger partial charge < -0.3 is 49.6 Å². The molecule has 15 heteroatoms. The summed E-state index contributed by atoms with van der Waals surface area (Å²) in [5, 5.41) is 65.9. The summed E-state index contributed by atoms with van der Waals surface area (Å²) in [5.41, 5.74) is -1.52. The molecular formula is C34H36O10S5. The molecule has 49 heavy (non-hydrogen) atoms. The Hall–Kier alpha value is -3.50. The second-order valence-corrected chi connectivity index (χ2v) is 17.9. The predicted molar refractivity (Wildman–Crippen MR) is 195 cm³/mol. The van der Waals surface area contributed by atoms with Crippen LogP contribution >= 0.6 is 56.7 Å². The van der Waals surface area contributed by atoms with Crippen LogP contribution in [0.3, 0.4) is 0 Å². The van der Waals surface area contributed by atoms with Gasteiger partial charge in [-0.3, -0.25) is 0 Å². The SMILES string of the molecule is CCC(C)(c1sc(C)c(O)c1O)c1sc(-c2sc(-c3sc(C(C)(CC)c4sc(C)c(O)c4O)c4c3OCCO4)c(O)c2O)c2c1OCCO2. The minimum Gasteiger partial charge on any atom is -0.503 e. The maximum absolute atomic E-state index is 11.5. The first-order chi connectivity index (χ1) is 23.3. The molecule has 7 heterocycles. The van der Waals surface area contributed by atoms with E-state index in [1.54, 1.807) is 13.8 Å². The maximum Gasteiger partial charge on any atom is 0.181 e. The monoisotopic (exact) mass is 764 g/mol. The van der Waals surface area contributed by atoms with Crippen molar-refractivity contribution in [2.24, 2.45) is 0 Å². The van der Waals surface area contributed by atoms with E-state index >= 15 is 0 Å². The van der Waals surface area contributed by atoms with E-state index in [1.165, 1.54) is 56.7 Å². The number of fused-ring (bicyclic) bond motifs is 2. The van der Waals surface area contributed by atoms with Gasteiger partial charge in [-0.05, 0) is 40.5 Å². The molecular weight excluding hydrogens is 729 g/mol. The largest absolute Gasteiger partial charge is 0.503 e. The summed E-state index contributed by atoms with van der Waals surface area (Å²) < 4.78 is 24.7. The molecule has 7 rings (SSSR count). The Morgan fingerprint density at radius 3 is 1.10 bits per heavy atom. The molecule has 0 bridgehead atoms. The van der Waals surface area contributed by atoms with Crippen molar-refractivity contribution in [3.05, 3.63) is 29.3 Å². The van der Waals surface area contributed by atoms with E-state index in [4.69, 9.17) is 18.9 Å². The lowest BCUT2D eigenvalue weighted by molar-refractivity contribution is 0.171. The van der Waals surface area contributed by atoms with Crippen molar-refractivity contribution in [3.63, 3.8) is 0 Å². The van der Waals surface area contributed by atoms with Crippen LogP contribution in [-0.4, -0.2) is 57.1 Å². The molecule has 0 fully saturated rings. The third-order valence-corrected chi connectivity index (χ3v) is 16.6. The summed E-state index contributed by atoms with van der Waals surface area (Å²) in [4.78, 5) is 5.85. The van der Waals surface area contributed by atoms with Gasteiger partial charge in [0.05, 0.1) is 39.0 Å². The van der Waals surface area contributed by atoms with E-state index in [0.717, 1.165) is 9.75 Å². The number of aromatic hydroxyl groups is 6. The molecule has 0 radical (unpaired) electrons. The molecule has 0 saturated heterocycles. The first-order valence-corrected chi connectivity index (χ1v) is 19.8. The molecule has 5 aromatic rings. The molecule has 0 spiro atoms. The number of hydrogen-bond donors (Lipinski definition) is 6. The van der Waals surface area contributed by atoms with E-state index in [1.807, 2.05) is 27.7 Å². The zero-order valence-electron chi connectivity index (χ0n) is 27.6.